The second kappa shape index (κ2) is 3.33. The van der Waals surface area contributed by atoms with Gasteiger partial charge in [-0.3, -0.25) is 0 Å². The Morgan fingerprint density at radius 2 is 2.25 bits per heavy atom. The molecule has 0 saturated carbocycles. The number of nitrogens with zero attached hydrogens (tertiary/aromatic N) is 3. The predicted molar refractivity (Wildman–Crippen MR) is 38.0 cm³/mol. The lowest BCUT2D eigenvalue weighted by molar-refractivity contribution is 0.155. The van der Waals surface area contributed by atoms with Crippen LogP contribution in [0.15, 0.2) is 4.42 Å². The number of alkyl halides is 2. The topological polar surface area (TPSA) is 68.2 Å². The van der Waals surface area contributed by atoms with Gasteiger partial charge < -0.3 is 15.1 Å². The Morgan fingerprint density at radius 3 is 2.67 bits per heavy atom. The molecule has 68 valence electrons. The van der Waals surface area contributed by atoms with E-state index in [0.717, 1.165) is 4.90 Å². The molecule has 0 radical (unpaired) electrons. The molecule has 0 amide bonds. The SMILES string of the molecule is CN(CC(F)F)c1nnc(N)o1. The molecule has 0 fully saturated rings. The van der Waals surface area contributed by atoms with Crippen LogP contribution in [0.1, 0.15) is 0 Å². The van der Waals surface area contributed by atoms with Crippen molar-refractivity contribution in [3.05, 3.63) is 0 Å². The van der Waals surface area contributed by atoms with E-state index in [4.69, 9.17) is 10.2 Å². The first-order valence-corrected chi connectivity index (χ1v) is 3.18. The largest absolute Gasteiger partial charge is 0.390 e. The lowest BCUT2D eigenvalue weighted by Crippen LogP contribution is -2.24. The summed E-state index contributed by atoms with van der Waals surface area (Å²) in [6.07, 6.45) is -2.44. The highest BCUT2D eigenvalue weighted by molar-refractivity contribution is 5.25. The first-order chi connectivity index (χ1) is 5.59. The molecule has 0 atom stereocenters. The summed E-state index contributed by atoms with van der Waals surface area (Å²) in [4.78, 5) is 1.13. The molecule has 2 N–H and O–H groups in total. The Morgan fingerprint density at radius 1 is 1.58 bits per heavy atom. The summed E-state index contributed by atoms with van der Waals surface area (Å²) >= 11 is 0. The fourth-order valence-electron chi connectivity index (χ4n) is 0.666. The van der Waals surface area contributed by atoms with Gasteiger partial charge in [0.2, 0.25) is 0 Å². The lowest BCUT2D eigenvalue weighted by atomic mass is 10.6. The zero-order valence-electron chi connectivity index (χ0n) is 6.37. The molecule has 0 aromatic carbocycles. The number of aromatic nitrogens is 2. The Hall–Kier alpha value is -1.40. The second-order valence-electron chi connectivity index (χ2n) is 2.19. The van der Waals surface area contributed by atoms with Crippen LogP contribution in [0, 0.1) is 0 Å². The molecule has 7 heteroatoms. The van der Waals surface area contributed by atoms with Crippen molar-refractivity contribution in [2.45, 2.75) is 6.43 Å². The van der Waals surface area contributed by atoms with E-state index < -0.39 is 13.0 Å². The predicted octanol–water partition coefficient (Wildman–Crippen LogP) is 0.353. The van der Waals surface area contributed by atoms with Crippen LogP contribution in [0.4, 0.5) is 20.8 Å². The Labute approximate surface area is 67.2 Å². The van der Waals surface area contributed by atoms with E-state index in [1.807, 2.05) is 0 Å². The van der Waals surface area contributed by atoms with Crippen LogP contribution in [0.2, 0.25) is 0 Å². The van der Waals surface area contributed by atoms with Crippen LogP contribution in [0.25, 0.3) is 0 Å². The quantitative estimate of drug-likeness (QED) is 0.723. The number of hydrogen-bond acceptors (Lipinski definition) is 5. The summed E-state index contributed by atoms with van der Waals surface area (Å²) in [5, 5.41) is 6.74. The van der Waals surface area contributed by atoms with Gasteiger partial charge in [-0.1, -0.05) is 10.2 Å². The smallest absolute Gasteiger partial charge is 0.319 e. The fraction of sp³-hybridized carbons (Fsp3) is 0.600. The minimum absolute atomic E-state index is 0.00667. The van der Waals surface area contributed by atoms with Gasteiger partial charge in [0, 0.05) is 7.05 Å². The maximum atomic E-state index is 11.8. The molecule has 0 aliphatic carbocycles. The zero-order chi connectivity index (χ0) is 9.14. The van der Waals surface area contributed by atoms with Crippen LogP contribution < -0.4 is 10.6 Å². The molecular weight excluding hydrogens is 170 g/mol. The van der Waals surface area contributed by atoms with E-state index >= 15 is 0 Å². The molecule has 1 aromatic rings. The third-order valence-corrected chi connectivity index (χ3v) is 1.17. The van der Waals surface area contributed by atoms with E-state index in [0.29, 0.717) is 0 Å². The van der Waals surface area contributed by atoms with Gasteiger partial charge in [0.1, 0.15) is 0 Å². The highest BCUT2D eigenvalue weighted by atomic mass is 19.3. The molecule has 0 aliphatic rings. The summed E-state index contributed by atoms with van der Waals surface area (Å²) in [5.41, 5.74) is 5.09. The van der Waals surface area contributed by atoms with E-state index in [-0.39, 0.29) is 12.0 Å². The van der Waals surface area contributed by atoms with Gasteiger partial charge in [-0.05, 0) is 0 Å². The summed E-state index contributed by atoms with van der Waals surface area (Å²) in [5.74, 6) is 0. The third-order valence-electron chi connectivity index (χ3n) is 1.17. The van der Waals surface area contributed by atoms with Gasteiger partial charge in [0.05, 0.1) is 6.54 Å². The van der Waals surface area contributed by atoms with Gasteiger partial charge in [-0.2, -0.15) is 0 Å². The first-order valence-electron chi connectivity index (χ1n) is 3.18. The fourth-order valence-corrected chi connectivity index (χ4v) is 0.666. The van der Waals surface area contributed by atoms with Crippen LogP contribution in [-0.2, 0) is 0 Å². The van der Waals surface area contributed by atoms with Crippen LogP contribution in [0.3, 0.4) is 0 Å². The molecule has 12 heavy (non-hydrogen) atoms. The molecule has 1 aromatic heterocycles. The molecule has 0 aliphatic heterocycles. The Kier molecular flexibility index (Phi) is 2.41. The molecular formula is C5H8F2N4O. The molecule has 1 rings (SSSR count). The van der Waals surface area contributed by atoms with Gasteiger partial charge in [0.25, 0.3) is 6.43 Å². The van der Waals surface area contributed by atoms with Gasteiger partial charge in [0.15, 0.2) is 0 Å². The van der Waals surface area contributed by atoms with Crippen molar-refractivity contribution in [2.75, 3.05) is 24.2 Å². The number of rotatable bonds is 3. The summed E-state index contributed by atoms with van der Waals surface area (Å²) < 4.78 is 28.3. The van der Waals surface area contributed by atoms with Gasteiger partial charge >= 0.3 is 12.0 Å². The number of nitrogen functional groups attached to an aromatic ring is 1. The van der Waals surface area contributed by atoms with Crippen molar-refractivity contribution in [2.24, 2.45) is 0 Å². The molecule has 0 saturated heterocycles. The monoisotopic (exact) mass is 178 g/mol. The lowest BCUT2D eigenvalue weighted by Gasteiger charge is -2.11. The first kappa shape index (κ1) is 8.69. The normalized spacial score (nSPS) is 10.7. The summed E-state index contributed by atoms with van der Waals surface area (Å²) in [7, 11) is 1.42. The van der Waals surface area contributed by atoms with Gasteiger partial charge in [-0.25, -0.2) is 8.78 Å². The van der Waals surface area contributed by atoms with E-state index in [1.165, 1.54) is 7.05 Å². The molecule has 1 heterocycles. The summed E-state index contributed by atoms with van der Waals surface area (Å²) in [6.45, 7) is -0.457. The van der Waals surface area contributed by atoms with Crippen LogP contribution in [-0.4, -0.2) is 30.2 Å². The van der Waals surface area contributed by atoms with E-state index in [9.17, 15) is 8.78 Å². The summed E-state index contributed by atoms with van der Waals surface area (Å²) in [6, 6.07) is -0.140. The van der Waals surface area contributed by atoms with E-state index in [1.54, 1.807) is 0 Å². The van der Waals surface area contributed by atoms with Gasteiger partial charge in [-0.15, -0.1) is 0 Å². The van der Waals surface area contributed by atoms with Crippen molar-refractivity contribution < 1.29 is 13.2 Å². The van der Waals surface area contributed by atoms with Crippen LogP contribution in [0.5, 0.6) is 0 Å². The van der Waals surface area contributed by atoms with Crippen molar-refractivity contribution in [1.29, 1.82) is 0 Å². The standard InChI is InChI=1S/C5H8F2N4O/c1-11(2-3(6)7)5-10-9-4(8)12-5/h3H,2H2,1H3,(H2,8,9). The minimum atomic E-state index is -2.44. The van der Waals surface area contributed by atoms with Crippen molar-refractivity contribution >= 4 is 12.0 Å². The number of nitrogens with two attached hydrogens (primary N) is 1. The maximum Gasteiger partial charge on any atom is 0.319 e. The average Bonchev–Trinajstić information content (AvgIpc) is 2.34. The Bertz CT molecular complexity index is 251. The van der Waals surface area contributed by atoms with Crippen molar-refractivity contribution in [1.82, 2.24) is 10.2 Å². The zero-order valence-corrected chi connectivity index (χ0v) is 6.37. The van der Waals surface area contributed by atoms with Crippen molar-refractivity contribution in [3.8, 4) is 0 Å². The second-order valence-corrected chi connectivity index (χ2v) is 2.19. The van der Waals surface area contributed by atoms with Crippen molar-refractivity contribution in [3.63, 3.8) is 0 Å². The maximum absolute atomic E-state index is 11.8. The Balaban J connectivity index is 2.58. The molecule has 0 spiro atoms. The molecule has 0 bridgehead atoms. The molecule has 0 unspecified atom stereocenters. The number of anilines is 2. The molecule has 5 nitrogen and oxygen atoms in total. The third kappa shape index (κ3) is 2.04. The van der Waals surface area contributed by atoms with Crippen LogP contribution >= 0.6 is 0 Å². The number of halogens is 2. The highest BCUT2D eigenvalue weighted by Crippen LogP contribution is 2.12. The minimum Gasteiger partial charge on any atom is -0.390 e. The van der Waals surface area contributed by atoms with E-state index in [2.05, 4.69) is 10.2 Å². The average molecular weight is 178 g/mol. The highest BCUT2D eigenvalue weighted by Gasteiger charge is 2.13. The number of hydrogen-bond donors (Lipinski definition) is 1.